The van der Waals surface area contributed by atoms with Gasteiger partial charge in [0.15, 0.2) is 0 Å². The highest BCUT2D eigenvalue weighted by atomic mass is 32.2. The Morgan fingerprint density at radius 3 is 2.19 bits per heavy atom. The number of nitrogens with one attached hydrogen (secondary N) is 1. The van der Waals surface area contributed by atoms with Gasteiger partial charge < -0.3 is 5.32 Å². The molecule has 5 nitrogen and oxygen atoms in total. The lowest BCUT2D eigenvalue weighted by Gasteiger charge is -2.58. The molecule has 0 aromatic heterocycles. The van der Waals surface area contributed by atoms with Crippen molar-refractivity contribution in [3.63, 3.8) is 0 Å². The van der Waals surface area contributed by atoms with Crippen molar-refractivity contribution in [1.29, 1.82) is 0 Å². The number of carbonyl (C=O) groups is 1. The van der Waals surface area contributed by atoms with E-state index in [0.29, 0.717) is 25.2 Å². The summed E-state index contributed by atoms with van der Waals surface area (Å²) in [5.41, 5.74) is 0.732. The predicted molar refractivity (Wildman–Crippen MR) is 98.7 cm³/mol. The Bertz CT molecular complexity index is 831. The fraction of sp³-hybridized carbons (Fsp3) is 0.650. The molecule has 3 N–H and O–H groups in total. The van der Waals surface area contributed by atoms with E-state index < -0.39 is 14.8 Å². The van der Waals surface area contributed by atoms with Crippen LogP contribution in [-0.2, 0) is 20.2 Å². The van der Waals surface area contributed by atoms with Gasteiger partial charge in [-0.15, -0.1) is 0 Å². The maximum Gasteiger partial charge on any atom is 0.230 e. The fourth-order valence-electron chi connectivity index (χ4n) is 6.35. The Morgan fingerprint density at radius 2 is 1.65 bits per heavy atom. The highest BCUT2D eigenvalue weighted by Crippen LogP contribution is 2.58. The Kier molecular flexibility index (Phi) is 3.43. The number of primary sulfonamides is 1. The normalized spacial score (nSPS) is 39.6. The number of amides is 1. The highest BCUT2D eigenvalue weighted by Gasteiger charge is 2.61. The molecule has 0 aliphatic heterocycles. The van der Waals surface area contributed by atoms with Gasteiger partial charge in [0.25, 0.3) is 0 Å². The van der Waals surface area contributed by atoms with Crippen molar-refractivity contribution < 1.29 is 13.2 Å². The molecule has 4 bridgehead atoms. The van der Waals surface area contributed by atoms with Crippen molar-refractivity contribution in [2.24, 2.45) is 22.9 Å². The third-order valence-corrected chi connectivity index (χ3v) is 9.34. The first-order valence-corrected chi connectivity index (χ1v) is 11.3. The molecule has 5 fully saturated rings. The van der Waals surface area contributed by atoms with Crippen molar-refractivity contribution in [2.75, 3.05) is 0 Å². The molecule has 0 saturated heterocycles. The standard InChI is InChI=1S/C20H26N2O3S/c21-26(24,25)19-10-13-8-14(11-19)17(15(9-13)12-19)22-18(23)20(6-7-20)16-4-2-1-3-5-16/h1-5,13-15,17H,6-12H2,(H,22,23)(H2,21,24,25)/t13?,14-,15+,17?,19?. The van der Waals surface area contributed by atoms with Crippen molar-refractivity contribution in [2.45, 2.75) is 61.1 Å². The molecule has 5 aliphatic rings. The van der Waals surface area contributed by atoms with Crippen molar-refractivity contribution >= 4 is 15.9 Å². The summed E-state index contributed by atoms with van der Waals surface area (Å²) in [5, 5.41) is 8.98. The summed E-state index contributed by atoms with van der Waals surface area (Å²) >= 11 is 0. The second-order valence-corrected chi connectivity index (χ2v) is 11.1. The number of sulfonamides is 1. The first-order valence-electron chi connectivity index (χ1n) is 9.72. The number of carbonyl (C=O) groups excluding carboxylic acids is 1. The first-order chi connectivity index (χ1) is 12.3. The molecule has 6 heteroatoms. The molecule has 0 heterocycles. The van der Waals surface area contributed by atoms with Gasteiger partial charge in [-0.1, -0.05) is 30.3 Å². The molecular formula is C20H26N2O3S. The summed E-state index contributed by atoms with van der Waals surface area (Å²) in [4.78, 5) is 13.1. The summed E-state index contributed by atoms with van der Waals surface area (Å²) in [6.45, 7) is 0. The van der Waals surface area contributed by atoms with Crippen LogP contribution >= 0.6 is 0 Å². The topological polar surface area (TPSA) is 89.3 Å². The minimum absolute atomic E-state index is 0.107. The average molecular weight is 375 g/mol. The van der Waals surface area contributed by atoms with Crippen LogP contribution in [0.3, 0.4) is 0 Å². The van der Waals surface area contributed by atoms with Gasteiger partial charge in [0, 0.05) is 6.04 Å². The van der Waals surface area contributed by atoms with E-state index >= 15 is 0 Å². The zero-order valence-electron chi connectivity index (χ0n) is 14.9. The van der Waals surface area contributed by atoms with E-state index in [1.807, 2.05) is 30.3 Å². The lowest BCUT2D eigenvalue weighted by molar-refractivity contribution is -0.127. The van der Waals surface area contributed by atoms with Crippen molar-refractivity contribution in [1.82, 2.24) is 5.32 Å². The zero-order valence-corrected chi connectivity index (χ0v) is 15.7. The number of nitrogens with two attached hydrogens (primary N) is 1. The molecule has 1 aromatic carbocycles. The van der Waals surface area contributed by atoms with Gasteiger partial charge in [-0.05, 0) is 68.3 Å². The van der Waals surface area contributed by atoms with Crippen LogP contribution in [0.5, 0.6) is 0 Å². The van der Waals surface area contributed by atoms with Crippen LogP contribution in [0.4, 0.5) is 0 Å². The first kappa shape index (κ1) is 16.8. The van der Waals surface area contributed by atoms with E-state index in [1.165, 1.54) is 0 Å². The number of hydrogen-bond donors (Lipinski definition) is 2. The number of rotatable bonds is 4. The van der Waals surface area contributed by atoms with Crippen LogP contribution in [0.1, 0.15) is 50.5 Å². The quantitative estimate of drug-likeness (QED) is 0.845. The number of hydrogen-bond acceptors (Lipinski definition) is 3. The molecule has 5 saturated carbocycles. The molecule has 0 radical (unpaired) electrons. The summed E-state index contributed by atoms with van der Waals surface area (Å²) in [6.07, 6.45) is 5.79. The van der Waals surface area contributed by atoms with Crippen LogP contribution in [0.25, 0.3) is 0 Å². The Hall–Kier alpha value is -1.40. The number of benzene rings is 1. The molecule has 0 spiro atoms. The molecule has 6 rings (SSSR count). The molecule has 5 atom stereocenters. The molecule has 1 aromatic rings. The van der Waals surface area contributed by atoms with Crippen LogP contribution in [-0.4, -0.2) is 25.1 Å². The molecule has 3 unspecified atom stereocenters. The lowest BCUT2D eigenvalue weighted by Crippen LogP contribution is -2.65. The average Bonchev–Trinajstić information content (AvgIpc) is 3.39. The summed E-state index contributed by atoms with van der Waals surface area (Å²) in [7, 11) is -3.55. The fourth-order valence-corrected chi connectivity index (χ4v) is 7.71. The largest absolute Gasteiger partial charge is 0.352 e. The molecule has 1 amide bonds. The third-order valence-electron chi connectivity index (χ3n) is 7.63. The summed E-state index contributed by atoms with van der Waals surface area (Å²) in [6, 6.07) is 10.1. The van der Waals surface area contributed by atoms with E-state index in [1.54, 1.807) is 0 Å². The van der Waals surface area contributed by atoms with Crippen LogP contribution < -0.4 is 10.5 Å². The van der Waals surface area contributed by atoms with Gasteiger partial charge in [0.2, 0.25) is 15.9 Å². The van der Waals surface area contributed by atoms with Gasteiger partial charge in [0.05, 0.1) is 10.2 Å². The van der Waals surface area contributed by atoms with Gasteiger partial charge >= 0.3 is 0 Å². The molecule has 5 aliphatic carbocycles. The summed E-state index contributed by atoms with van der Waals surface area (Å²) < 4.78 is 23.8. The minimum atomic E-state index is -3.55. The molecule has 140 valence electrons. The third kappa shape index (κ3) is 2.31. The maximum atomic E-state index is 13.1. The highest BCUT2D eigenvalue weighted by molar-refractivity contribution is 7.90. The second-order valence-electron chi connectivity index (χ2n) is 9.15. The maximum absolute atomic E-state index is 13.1. The van der Waals surface area contributed by atoms with Crippen molar-refractivity contribution in [3.05, 3.63) is 35.9 Å². The molecule has 26 heavy (non-hydrogen) atoms. The van der Waals surface area contributed by atoms with E-state index in [-0.39, 0.29) is 29.2 Å². The van der Waals surface area contributed by atoms with Crippen LogP contribution in [0.15, 0.2) is 30.3 Å². The van der Waals surface area contributed by atoms with E-state index in [9.17, 15) is 13.2 Å². The van der Waals surface area contributed by atoms with Crippen LogP contribution in [0, 0.1) is 17.8 Å². The Morgan fingerprint density at radius 1 is 1.04 bits per heavy atom. The van der Waals surface area contributed by atoms with Crippen LogP contribution in [0.2, 0.25) is 0 Å². The molecular weight excluding hydrogens is 348 g/mol. The van der Waals surface area contributed by atoms with E-state index in [4.69, 9.17) is 5.14 Å². The van der Waals surface area contributed by atoms with Crippen molar-refractivity contribution in [3.8, 4) is 0 Å². The lowest BCUT2D eigenvalue weighted by atomic mass is 9.53. The minimum Gasteiger partial charge on any atom is -0.352 e. The summed E-state index contributed by atoms with van der Waals surface area (Å²) in [5.74, 6) is 1.07. The SMILES string of the molecule is NS(=O)(=O)C12CC3C[C@H](C1)C(NC(=O)C1(c4ccccc4)CC1)[C@@H](C3)C2. The monoisotopic (exact) mass is 374 g/mol. The smallest absolute Gasteiger partial charge is 0.230 e. The zero-order chi connectivity index (χ0) is 18.2. The van der Waals surface area contributed by atoms with Gasteiger partial charge in [0.1, 0.15) is 0 Å². The van der Waals surface area contributed by atoms with E-state index in [2.05, 4.69) is 5.32 Å². The van der Waals surface area contributed by atoms with Gasteiger partial charge in [-0.2, -0.15) is 0 Å². The Labute approximate surface area is 154 Å². The second kappa shape index (κ2) is 5.32. The Balaban J connectivity index is 1.38. The van der Waals surface area contributed by atoms with Gasteiger partial charge in [-0.25, -0.2) is 13.6 Å². The van der Waals surface area contributed by atoms with Gasteiger partial charge in [-0.3, -0.25) is 4.79 Å². The predicted octanol–water partition coefficient (Wildman–Crippen LogP) is 2.07. The van der Waals surface area contributed by atoms with E-state index in [0.717, 1.165) is 31.2 Å².